The third-order valence-electron chi connectivity index (χ3n) is 7.52. The third-order valence-corrected chi connectivity index (χ3v) is 7.52. The standard InChI is InChI=1S/C30H33N3O2/c1-29(2,3)23-14-16-24(17-15-23)31-28(35)32-20-18-30(19-21-32)26(22-10-6-4-7-11-22)33(27(30)34)25-12-8-5-9-13-25/h4-17,26H,18-21H2,1-3H3,(H,31,35)/t26-/m0/s1. The maximum Gasteiger partial charge on any atom is 0.321 e. The smallest absolute Gasteiger partial charge is 0.321 e. The summed E-state index contributed by atoms with van der Waals surface area (Å²) in [6.07, 6.45) is 1.32. The lowest BCUT2D eigenvalue weighted by Crippen LogP contribution is -2.67. The Balaban J connectivity index is 1.30. The van der Waals surface area contributed by atoms with E-state index in [1.165, 1.54) is 5.56 Å². The van der Waals surface area contributed by atoms with E-state index in [1.807, 2.05) is 70.5 Å². The average Bonchev–Trinajstić information content (AvgIpc) is 2.87. The number of nitrogens with zero attached hydrogens (tertiary/aromatic N) is 2. The number of urea groups is 1. The van der Waals surface area contributed by atoms with Crippen molar-refractivity contribution in [1.29, 1.82) is 0 Å². The lowest BCUT2D eigenvalue weighted by molar-refractivity contribution is -0.144. The summed E-state index contributed by atoms with van der Waals surface area (Å²) in [6, 6.07) is 28.1. The van der Waals surface area contributed by atoms with Gasteiger partial charge in [-0.05, 0) is 53.6 Å². The van der Waals surface area contributed by atoms with Gasteiger partial charge in [0.1, 0.15) is 0 Å². The molecule has 2 heterocycles. The minimum Gasteiger partial charge on any atom is -0.324 e. The fourth-order valence-electron chi connectivity index (χ4n) is 5.47. The Kier molecular flexibility index (Phi) is 5.87. The first-order chi connectivity index (χ1) is 16.8. The van der Waals surface area contributed by atoms with Gasteiger partial charge in [-0.25, -0.2) is 4.79 Å². The molecule has 3 aromatic carbocycles. The van der Waals surface area contributed by atoms with Gasteiger partial charge in [0.25, 0.3) is 0 Å². The summed E-state index contributed by atoms with van der Waals surface area (Å²) in [4.78, 5) is 30.4. The van der Waals surface area contributed by atoms with Crippen LogP contribution in [0.25, 0.3) is 0 Å². The SMILES string of the molecule is CC(C)(C)c1ccc(NC(=O)N2CCC3(CC2)C(=O)N(c2ccccc2)[C@H]3c2ccccc2)cc1. The number of hydrogen-bond donors (Lipinski definition) is 1. The van der Waals surface area contributed by atoms with E-state index < -0.39 is 5.41 Å². The Morgan fingerprint density at radius 2 is 1.43 bits per heavy atom. The Hall–Kier alpha value is -3.60. The van der Waals surface area contributed by atoms with Crippen molar-refractivity contribution in [3.8, 4) is 0 Å². The zero-order chi connectivity index (χ0) is 24.6. The number of anilines is 2. The van der Waals surface area contributed by atoms with Crippen molar-refractivity contribution < 1.29 is 9.59 Å². The monoisotopic (exact) mass is 467 g/mol. The molecule has 0 radical (unpaired) electrons. The van der Waals surface area contributed by atoms with Gasteiger partial charge in [-0.3, -0.25) is 4.79 Å². The number of benzene rings is 3. The van der Waals surface area contributed by atoms with Crippen LogP contribution in [0.2, 0.25) is 0 Å². The van der Waals surface area contributed by atoms with Crippen LogP contribution in [0.1, 0.15) is 50.8 Å². The number of likely N-dealkylation sites (tertiary alicyclic amines) is 1. The van der Waals surface area contributed by atoms with E-state index in [9.17, 15) is 9.59 Å². The largest absolute Gasteiger partial charge is 0.324 e. The summed E-state index contributed by atoms with van der Waals surface area (Å²) in [5.74, 6) is 0.162. The Morgan fingerprint density at radius 1 is 0.857 bits per heavy atom. The van der Waals surface area contributed by atoms with Gasteiger partial charge < -0.3 is 15.1 Å². The van der Waals surface area contributed by atoms with Crippen molar-refractivity contribution in [2.24, 2.45) is 5.41 Å². The number of amides is 3. The molecule has 0 unspecified atom stereocenters. The van der Waals surface area contributed by atoms with Gasteiger partial charge in [0.05, 0.1) is 11.5 Å². The molecule has 0 aromatic heterocycles. The summed E-state index contributed by atoms with van der Waals surface area (Å²) < 4.78 is 0. The molecule has 0 saturated carbocycles. The summed E-state index contributed by atoms with van der Waals surface area (Å²) in [5, 5.41) is 3.03. The molecule has 3 amide bonds. The second-order valence-corrected chi connectivity index (χ2v) is 10.7. The Bertz CT molecular complexity index is 1190. The lowest BCUT2D eigenvalue weighted by Gasteiger charge is -2.59. The third kappa shape index (κ3) is 4.20. The Morgan fingerprint density at radius 3 is 2.00 bits per heavy atom. The Labute approximate surface area is 207 Å². The van der Waals surface area contributed by atoms with E-state index in [2.05, 4.69) is 50.4 Å². The highest BCUT2D eigenvalue weighted by molar-refractivity contribution is 6.06. The molecule has 2 aliphatic rings. The number of rotatable bonds is 3. The van der Waals surface area contributed by atoms with Gasteiger partial charge >= 0.3 is 6.03 Å². The zero-order valence-electron chi connectivity index (χ0n) is 20.7. The number of β-lactam (4-membered cyclic amide) rings is 1. The maximum atomic E-state index is 13.6. The summed E-state index contributed by atoms with van der Waals surface area (Å²) in [5.41, 5.74) is 3.70. The van der Waals surface area contributed by atoms with E-state index in [1.54, 1.807) is 0 Å². The van der Waals surface area contributed by atoms with Crippen LogP contribution in [0.3, 0.4) is 0 Å². The summed E-state index contributed by atoms with van der Waals surface area (Å²) in [7, 11) is 0. The molecule has 3 aromatic rings. The number of hydrogen-bond acceptors (Lipinski definition) is 2. The van der Waals surface area contributed by atoms with Crippen LogP contribution in [-0.2, 0) is 10.2 Å². The van der Waals surface area contributed by atoms with Crippen LogP contribution in [0.5, 0.6) is 0 Å². The number of para-hydroxylation sites is 1. The van der Waals surface area contributed by atoms with Crippen molar-refractivity contribution in [2.45, 2.75) is 45.1 Å². The van der Waals surface area contributed by atoms with Crippen molar-refractivity contribution >= 4 is 23.3 Å². The highest BCUT2D eigenvalue weighted by Crippen LogP contribution is 2.57. The summed E-state index contributed by atoms with van der Waals surface area (Å²) in [6.45, 7) is 7.64. The first-order valence-electron chi connectivity index (χ1n) is 12.4. The van der Waals surface area contributed by atoms with Crippen LogP contribution in [0.15, 0.2) is 84.9 Å². The highest BCUT2D eigenvalue weighted by Gasteiger charge is 2.62. The maximum absolute atomic E-state index is 13.6. The molecule has 5 heteroatoms. The molecule has 2 aliphatic heterocycles. The van der Waals surface area contributed by atoms with E-state index >= 15 is 0 Å². The molecule has 5 nitrogen and oxygen atoms in total. The molecule has 35 heavy (non-hydrogen) atoms. The molecule has 0 aliphatic carbocycles. The molecule has 1 spiro atoms. The predicted molar refractivity (Wildman–Crippen MR) is 141 cm³/mol. The predicted octanol–water partition coefficient (Wildman–Crippen LogP) is 6.39. The molecule has 180 valence electrons. The van der Waals surface area contributed by atoms with Crippen LogP contribution < -0.4 is 10.2 Å². The fourth-order valence-corrected chi connectivity index (χ4v) is 5.47. The first kappa shape index (κ1) is 23.2. The second-order valence-electron chi connectivity index (χ2n) is 10.7. The van der Waals surface area contributed by atoms with Gasteiger partial charge in [-0.15, -0.1) is 0 Å². The normalized spacial score (nSPS) is 19.4. The van der Waals surface area contributed by atoms with Crippen molar-refractivity contribution in [3.05, 3.63) is 96.1 Å². The van der Waals surface area contributed by atoms with Gasteiger partial charge in [-0.1, -0.05) is 81.4 Å². The van der Waals surface area contributed by atoms with Crippen LogP contribution >= 0.6 is 0 Å². The molecular formula is C30H33N3O2. The second kappa shape index (κ2) is 8.88. The molecule has 1 N–H and O–H groups in total. The first-order valence-corrected chi connectivity index (χ1v) is 12.4. The molecular weight excluding hydrogens is 434 g/mol. The zero-order valence-corrected chi connectivity index (χ0v) is 20.7. The molecule has 0 bridgehead atoms. The van der Waals surface area contributed by atoms with E-state index in [4.69, 9.17) is 0 Å². The van der Waals surface area contributed by atoms with E-state index in [0.717, 1.165) is 16.9 Å². The minimum atomic E-state index is -0.470. The minimum absolute atomic E-state index is 0.0197. The topological polar surface area (TPSA) is 52.7 Å². The van der Waals surface area contributed by atoms with Crippen molar-refractivity contribution in [2.75, 3.05) is 23.3 Å². The van der Waals surface area contributed by atoms with Gasteiger partial charge in [0.15, 0.2) is 0 Å². The van der Waals surface area contributed by atoms with Crippen LogP contribution in [0.4, 0.5) is 16.2 Å². The van der Waals surface area contributed by atoms with Crippen molar-refractivity contribution in [1.82, 2.24) is 4.90 Å². The molecule has 1 atom stereocenters. The number of piperidine rings is 1. The molecule has 5 rings (SSSR count). The summed E-state index contributed by atoms with van der Waals surface area (Å²) >= 11 is 0. The van der Waals surface area contributed by atoms with E-state index in [-0.39, 0.29) is 23.4 Å². The highest BCUT2D eigenvalue weighted by atomic mass is 16.2. The van der Waals surface area contributed by atoms with Crippen LogP contribution in [0, 0.1) is 5.41 Å². The average molecular weight is 468 g/mol. The number of carbonyl (C=O) groups excluding carboxylic acids is 2. The molecule has 2 fully saturated rings. The van der Waals surface area contributed by atoms with Gasteiger partial charge in [-0.2, -0.15) is 0 Å². The van der Waals surface area contributed by atoms with Gasteiger partial charge in [0.2, 0.25) is 5.91 Å². The van der Waals surface area contributed by atoms with Crippen LogP contribution in [-0.4, -0.2) is 29.9 Å². The van der Waals surface area contributed by atoms with E-state index in [0.29, 0.717) is 25.9 Å². The quantitative estimate of drug-likeness (QED) is 0.454. The number of carbonyl (C=O) groups is 2. The number of nitrogens with one attached hydrogen (secondary N) is 1. The van der Waals surface area contributed by atoms with Gasteiger partial charge in [0, 0.05) is 24.5 Å². The lowest BCUT2D eigenvalue weighted by atomic mass is 9.62. The molecule has 2 saturated heterocycles. The van der Waals surface area contributed by atoms with Crippen molar-refractivity contribution in [3.63, 3.8) is 0 Å². The fraction of sp³-hybridized carbons (Fsp3) is 0.333.